The van der Waals surface area contributed by atoms with E-state index in [0.717, 1.165) is 17.0 Å². The Hall–Kier alpha value is -1.49. The smallest absolute Gasteiger partial charge is 0.233 e. The van der Waals surface area contributed by atoms with Crippen LogP contribution in [0.1, 0.15) is 18.1 Å². The third-order valence-electron chi connectivity index (χ3n) is 3.55. The van der Waals surface area contributed by atoms with E-state index in [1.165, 1.54) is 17.3 Å². The van der Waals surface area contributed by atoms with Crippen LogP contribution in [0.3, 0.4) is 0 Å². The van der Waals surface area contributed by atoms with Crippen molar-refractivity contribution in [3.8, 4) is 0 Å². The first-order valence-corrected chi connectivity index (χ1v) is 9.13. The molecule has 2 aromatic carbocycles. The molecule has 0 bridgehead atoms. The maximum atomic E-state index is 12.4. The van der Waals surface area contributed by atoms with Crippen molar-refractivity contribution in [2.75, 3.05) is 14.1 Å². The fraction of sp³-hybridized carbons (Fsp3) is 0.316. The Morgan fingerprint density at radius 3 is 2.38 bits per heavy atom. The number of carbonyl (C=O) groups is 1. The maximum absolute atomic E-state index is 12.4. The van der Waals surface area contributed by atoms with Gasteiger partial charge in [0.2, 0.25) is 5.91 Å². The van der Waals surface area contributed by atoms with E-state index in [1.807, 2.05) is 57.4 Å². The van der Waals surface area contributed by atoms with Gasteiger partial charge in [0, 0.05) is 23.0 Å². The molecule has 128 valence electrons. The van der Waals surface area contributed by atoms with Crippen LogP contribution in [0.2, 0.25) is 5.02 Å². The van der Waals surface area contributed by atoms with Crippen molar-refractivity contribution in [1.29, 1.82) is 0 Å². The molecule has 0 saturated heterocycles. The normalized spacial score (nSPS) is 12.2. The van der Waals surface area contributed by atoms with E-state index in [9.17, 15) is 4.79 Å². The first-order valence-electron chi connectivity index (χ1n) is 7.87. The van der Waals surface area contributed by atoms with Gasteiger partial charge in [-0.15, -0.1) is 11.8 Å². The highest BCUT2D eigenvalue weighted by molar-refractivity contribution is 8.00. The highest BCUT2D eigenvalue weighted by Gasteiger charge is 2.14. The quantitative estimate of drug-likeness (QED) is 0.749. The highest BCUT2D eigenvalue weighted by atomic mass is 35.5. The molecule has 0 aliphatic carbocycles. The Balaban J connectivity index is 1.91. The van der Waals surface area contributed by atoms with Crippen LogP contribution in [0.4, 0.5) is 0 Å². The van der Waals surface area contributed by atoms with Gasteiger partial charge in [-0.1, -0.05) is 35.9 Å². The molecule has 1 N–H and O–H groups in total. The van der Waals surface area contributed by atoms with Gasteiger partial charge in [0.25, 0.3) is 0 Å². The van der Waals surface area contributed by atoms with Crippen LogP contribution >= 0.6 is 23.4 Å². The molecule has 1 amide bonds. The highest BCUT2D eigenvalue weighted by Crippen LogP contribution is 2.24. The van der Waals surface area contributed by atoms with E-state index in [2.05, 4.69) is 22.3 Å². The molecule has 0 aliphatic rings. The second kappa shape index (κ2) is 9.11. The number of carbonyl (C=O) groups excluding carboxylic acids is 1. The van der Waals surface area contributed by atoms with E-state index < -0.39 is 0 Å². The zero-order chi connectivity index (χ0) is 17.5. The first-order chi connectivity index (χ1) is 11.5. The molecule has 0 spiro atoms. The van der Waals surface area contributed by atoms with Gasteiger partial charge in [0.1, 0.15) is 0 Å². The molecule has 0 fully saturated rings. The van der Waals surface area contributed by atoms with Gasteiger partial charge in [0.15, 0.2) is 0 Å². The first kappa shape index (κ1) is 18.8. The van der Waals surface area contributed by atoms with E-state index in [4.69, 9.17) is 11.6 Å². The van der Waals surface area contributed by atoms with Crippen molar-refractivity contribution in [2.45, 2.75) is 30.2 Å². The summed E-state index contributed by atoms with van der Waals surface area (Å²) in [5.41, 5.74) is 2.39. The molecule has 0 saturated carbocycles. The van der Waals surface area contributed by atoms with Crippen LogP contribution in [0.15, 0.2) is 53.4 Å². The van der Waals surface area contributed by atoms with Gasteiger partial charge in [0.05, 0.1) is 5.25 Å². The van der Waals surface area contributed by atoms with Gasteiger partial charge in [-0.3, -0.25) is 4.79 Å². The maximum Gasteiger partial charge on any atom is 0.233 e. The summed E-state index contributed by atoms with van der Waals surface area (Å²) in [6.45, 7) is 3.33. The molecule has 0 aliphatic heterocycles. The molecule has 2 aromatic rings. The Kier molecular flexibility index (Phi) is 7.16. The van der Waals surface area contributed by atoms with E-state index in [1.54, 1.807) is 0 Å². The summed E-state index contributed by atoms with van der Waals surface area (Å²) < 4.78 is 0. The fourth-order valence-corrected chi connectivity index (χ4v) is 3.34. The fourth-order valence-electron chi connectivity index (χ4n) is 2.32. The molecule has 0 radical (unpaired) electrons. The van der Waals surface area contributed by atoms with E-state index in [-0.39, 0.29) is 11.2 Å². The average molecular weight is 363 g/mol. The van der Waals surface area contributed by atoms with Crippen molar-refractivity contribution in [3.63, 3.8) is 0 Å². The Morgan fingerprint density at radius 2 is 1.75 bits per heavy atom. The summed E-state index contributed by atoms with van der Waals surface area (Å²) >= 11 is 7.42. The summed E-state index contributed by atoms with van der Waals surface area (Å²) in [5.74, 6) is 0.0367. The lowest BCUT2D eigenvalue weighted by atomic mass is 10.1. The molecule has 24 heavy (non-hydrogen) atoms. The van der Waals surface area contributed by atoms with Gasteiger partial charge in [-0.25, -0.2) is 0 Å². The van der Waals surface area contributed by atoms with Crippen molar-refractivity contribution in [3.05, 3.63) is 64.7 Å². The van der Waals surface area contributed by atoms with Crippen LogP contribution in [-0.4, -0.2) is 30.2 Å². The molecule has 1 unspecified atom stereocenters. The third kappa shape index (κ3) is 5.86. The number of halogens is 1. The van der Waals surface area contributed by atoms with Crippen molar-refractivity contribution in [1.82, 2.24) is 10.2 Å². The minimum Gasteiger partial charge on any atom is -0.351 e. The second-order valence-electron chi connectivity index (χ2n) is 5.94. The zero-order valence-electron chi connectivity index (χ0n) is 14.3. The van der Waals surface area contributed by atoms with Crippen molar-refractivity contribution in [2.24, 2.45) is 0 Å². The van der Waals surface area contributed by atoms with Gasteiger partial charge in [-0.05, 0) is 56.4 Å². The predicted octanol–water partition coefficient (Wildman–Crippen LogP) is 4.20. The molecule has 1 atom stereocenters. The minimum absolute atomic E-state index is 0.0367. The van der Waals surface area contributed by atoms with Crippen LogP contribution in [0.25, 0.3) is 0 Å². The molecule has 0 aromatic heterocycles. The summed E-state index contributed by atoms with van der Waals surface area (Å²) in [5, 5.41) is 3.58. The number of nitrogens with one attached hydrogen (secondary N) is 1. The number of hydrogen-bond donors (Lipinski definition) is 1. The lowest BCUT2D eigenvalue weighted by molar-refractivity contribution is -0.120. The van der Waals surface area contributed by atoms with Crippen LogP contribution in [-0.2, 0) is 17.9 Å². The SMILES string of the molecule is CC(Sc1ccc(Cl)cc1)C(=O)NCc1ccccc1CN(C)C. The molecule has 2 rings (SSSR count). The summed E-state index contributed by atoms with van der Waals surface area (Å²) in [4.78, 5) is 15.5. The Morgan fingerprint density at radius 1 is 1.12 bits per heavy atom. The Bertz CT molecular complexity index is 673. The number of hydrogen-bond acceptors (Lipinski definition) is 3. The van der Waals surface area contributed by atoms with Gasteiger partial charge >= 0.3 is 0 Å². The molecular formula is C19H23ClN2OS. The van der Waals surface area contributed by atoms with Crippen molar-refractivity contribution < 1.29 is 4.79 Å². The minimum atomic E-state index is -0.160. The van der Waals surface area contributed by atoms with Crippen LogP contribution in [0.5, 0.6) is 0 Å². The number of nitrogens with zero attached hydrogens (tertiary/aromatic N) is 1. The molecule has 3 nitrogen and oxygen atoms in total. The standard InChI is InChI=1S/C19H23ClN2OS/c1-14(24-18-10-8-17(20)9-11-18)19(23)21-12-15-6-4-5-7-16(15)13-22(2)3/h4-11,14H,12-13H2,1-3H3,(H,21,23). The second-order valence-corrected chi connectivity index (χ2v) is 7.79. The average Bonchev–Trinajstić information content (AvgIpc) is 2.55. The summed E-state index contributed by atoms with van der Waals surface area (Å²) in [6.07, 6.45) is 0. The third-order valence-corrected chi connectivity index (χ3v) is 4.92. The summed E-state index contributed by atoms with van der Waals surface area (Å²) in [6, 6.07) is 15.8. The summed E-state index contributed by atoms with van der Waals surface area (Å²) in [7, 11) is 4.08. The topological polar surface area (TPSA) is 32.3 Å². The monoisotopic (exact) mass is 362 g/mol. The van der Waals surface area contributed by atoms with Crippen LogP contribution in [0, 0.1) is 0 Å². The zero-order valence-corrected chi connectivity index (χ0v) is 15.8. The molecular weight excluding hydrogens is 340 g/mol. The van der Waals surface area contributed by atoms with E-state index >= 15 is 0 Å². The van der Waals surface area contributed by atoms with Gasteiger partial charge < -0.3 is 10.2 Å². The molecule has 5 heteroatoms. The largest absolute Gasteiger partial charge is 0.351 e. The lowest BCUT2D eigenvalue weighted by Gasteiger charge is -2.16. The van der Waals surface area contributed by atoms with Crippen LogP contribution < -0.4 is 5.32 Å². The number of benzene rings is 2. The molecule has 0 heterocycles. The number of thioether (sulfide) groups is 1. The number of amides is 1. The van der Waals surface area contributed by atoms with E-state index in [0.29, 0.717) is 11.6 Å². The van der Waals surface area contributed by atoms with Crippen molar-refractivity contribution >= 4 is 29.3 Å². The Labute approximate surface area is 153 Å². The van der Waals surface area contributed by atoms with Gasteiger partial charge in [-0.2, -0.15) is 0 Å². The predicted molar refractivity (Wildman–Crippen MR) is 102 cm³/mol. The number of rotatable bonds is 7. The lowest BCUT2D eigenvalue weighted by Crippen LogP contribution is -2.30.